The van der Waals surface area contributed by atoms with Gasteiger partial charge in [0.25, 0.3) is 5.91 Å². The molecule has 0 saturated carbocycles. The molecule has 0 spiro atoms. The van der Waals surface area contributed by atoms with Crippen molar-refractivity contribution in [3.8, 4) is 0 Å². The van der Waals surface area contributed by atoms with E-state index in [9.17, 15) is 19.2 Å². The van der Waals surface area contributed by atoms with Crippen LogP contribution < -0.4 is 10.6 Å². The monoisotopic (exact) mass is 396 g/mol. The van der Waals surface area contributed by atoms with Crippen LogP contribution in [-0.4, -0.2) is 30.2 Å². The number of ketones is 1. The van der Waals surface area contributed by atoms with Crippen LogP contribution in [0.15, 0.2) is 48.5 Å². The molecule has 29 heavy (non-hydrogen) atoms. The first kappa shape index (κ1) is 21.8. The number of carbonyl (C=O) groups excluding carboxylic acids is 4. The van der Waals surface area contributed by atoms with Crippen LogP contribution in [0.5, 0.6) is 0 Å². The first-order chi connectivity index (χ1) is 13.9. The van der Waals surface area contributed by atoms with Crippen LogP contribution in [-0.2, 0) is 25.5 Å². The number of anilines is 2. The number of nitrogens with one attached hydrogen (secondary N) is 2. The average molecular weight is 396 g/mol. The van der Waals surface area contributed by atoms with E-state index in [1.165, 1.54) is 6.92 Å². The normalized spacial score (nSPS) is 10.1. The standard InChI is InChI=1S/C22H24N2O5/c1-3-16-4-8-18(9-5-16)24-21(27)14-29-22(28)13-12-20(26)23-19-10-6-17(7-11-19)15(2)25/h4-11H,3,12-14H2,1-2H3,(H,23,26)(H,24,27). The minimum absolute atomic E-state index is 0.0624. The van der Waals surface area contributed by atoms with Crippen molar-refractivity contribution in [2.75, 3.05) is 17.2 Å². The van der Waals surface area contributed by atoms with Crippen LogP contribution in [0.4, 0.5) is 11.4 Å². The molecule has 0 unspecified atom stereocenters. The summed E-state index contributed by atoms with van der Waals surface area (Å²) < 4.78 is 4.90. The number of rotatable bonds is 9. The van der Waals surface area contributed by atoms with Crippen LogP contribution in [0.1, 0.15) is 42.6 Å². The Balaban J connectivity index is 1.68. The van der Waals surface area contributed by atoms with Gasteiger partial charge in [-0.05, 0) is 55.3 Å². The summed E-state index contributed by atoms with van der Waals surface area (Å²) in [6, 6.07) is 13.8. The van der Waals surface area contributed by atoms with Gasteiger partial charge in [-0.3, -0.25) is 19.2 Å². The van der Waals surface area contributed by atoms with Gasteiger partial charge in [-0.1, -0.05) is 19.1 Å². The van der Waals surface area contributed by atoms with Crippen molar-refractivity contribution < 1.29 is 23.9 Å². The van der Waals surface area contributed by atoms with E-state index in [0.29, 0.717) is 16.9 Å². The van der Waals surface area contributed by atoms with E-state index in [-0.39, 0.29) is 24.5 Å². The molecule has 0 aromatic heterocycles. The highest BCUT2D eigenvalue weighted by Gasteiger charge is 2.11. The molecular weight excluding hydrogens is 372 g/mol. The van der Waals surface area contributed by atoms with Crippen molar-refractivity contribution in [3.63, 3.8) is 0 Å². The van der Waals surface area contributed by atoms with Gasteiger partial charge in [0.2, 0.25) is 5.91 Å². The van der Waals surface area contributed by atoms with E-state index in [4.69, 9.17) is 4.74 Å². The average Bonchev–Trinajstić information content (AvgIpc) is 2.71. The first-order valence-corrected chi connectivity index (χ1v) is 9.32. The second-order valence-corrected chi connectivity index (χ2v) is 6.44. The zero-order chi connectivity index (χ0) is 21.2. The van der Waals surface area contributed by atoms with Gasteiger partial charge in [0.1, 0.15) is 0 Å². The predicted molar refractivity (Wildman–Crippen MR) is 110 cm³/mol. The molecule has 2 N–H and O–H groups in total. The smallest absolute Gasteiger partial charge is 0.306 e. The van der Waals surface area contributed by atoms with Crippen LogP contribution in [0.25, 0.3) is 0 Å². The molecule has 0 heterocycles. The molecule has 2 rings (SSSR count). The maximum atomic E-state index is 11.9. The summed E-state index contributed by atoms with van der Waals surface area (Å²) in [6.07, 6.45) is 0.687. The first-order valence-electron chi connectivity index (χ1n) is 9.32. The Bertz CT molecular complexity index is 873. The third kappa shape index (κ3) is 7.57. The van der Waals surface area contributed by atoms with Gasteiger partial charge in [-0.2, -0.15) is 0 Å². The topological polar surface area (TPSA) is 102 Å². The fourth-order valence-electron chi connectivity index (χ4n) is 2.47. The van der Waals surface area contributed by atoms with Crippen LogP contribution >= 0.6 is 0 Å². The lowest BCUT2D eigenvalue weighted by Crippen LogP contribution is -2.21. The predicted octanol–water partition coefficient (Wildman–Crippen LogP) is 3.35. The van der Waals surface area contributed by atoms with Gasteiger partial charge in [-0.15, -0.1) is 0 Å². The lowest BCUT2D eigenvalue weighted by molar-refractivity contribution is -0.147. The van der Waals surface area contributed by atoms with Gasteiger partial charge in [0.15, 0.2) is 12.4 Å². The summed E-state index contributed by atoms with van der Waals surface area (Å²) in [5.41, 5.74) is 2.86. The van der Waals surface area contributed by atoms with Crippen LogP contribution in [0.3, 0.4) is 0 Å². The number of hydrogen-bond donors (Lipinski definition) is 2. The van der Waals surface area contributed by atoms with Gasteiger partial charge in [0, 0.05) is 23.4 Å². The number of amides is 2. The molecule has 0 aliphatic rings. The van der Waals surface area contributed by atoms with Crippen molar-refractivity contribution in [2.24, 2.45) is 0 Å². The number of Topliss-reactive ketones (excluding diaryl/α,β-unsaturated/α-hetero) is 1. The number of hydrogen-bond acceptors (Lipinski definition) is 5. The Kier molecular flexibility index (Phi) is 8.09. The van der Waals surface area contributed by atoms with Gasteiger partial charge < -0.3 is 15.4 Å². The van der Waals surface area contributed by atoms with Crippen LogP contribution in [0.2, 0.25) is 0 Å². The second-order valence-electron chi connectivity index (χ2n) is 6.44. The molecule has 2 aromatic rings. The number of benzene rings is 2. The summed E-state index contributed by atoms with van der Waals surface area (Å²) >= 11 is 0. The van der Waals surface area contributed by atoms with Crippen molar-refractivity contribution in [2.45, 2.75) is 33.1 Å². The quantitative estimate of drug-likeness (QED) is 0.500. The molecule has 0 aliphatic heterocycles. The molecule has 0 aliphatic carbocycles. The minimum atomic E-state index is -0.636. The van der Waals surface area contributed by atoms with Crippen molar-refractivity contribution in [1.82, 2.24) is 0 Å². The fourth-order valence-corrected chi connectivity index (χ4v) is 2.47. The maximum Gasteiger partial charge on any atom is 0.306 e. The van der Waals surface area contributed by atoms with Crippen molar-refractivity contribution in [1.29, 1.82) is 0 Å². The Hall–Kier alpha value is -3.48. The molecule has 0 fully saturated rings. The third-order valence-electron chi connectivity index (χ3n) is 4.14. The molecule has 7 heteroatoms. The van der Waals surface area contributed by atoms with Gasteiger partial charge >= 0.3 is 5.97 Å². The maximum absolute atomic E-state index is 11.9. The highest BCUT2D eigenvalue weighted by Crippen LogP contribution is 2.11. The SMILES string of the molecule is CCc1ccc(NC(=O)COC(=O)CCC(=O)Nc2ccc(C(C)=O)cc2)cc1. The summed E-state index contributed by atoms with van der Waals surface area (Å²) in [4.78, 5) is 46.7. The largest absolute Gasteiger partial charge is 0.456 e. The van der Waals surface area contributed by atoms with Gasteiger partial charge in [0.05, 0.1) is 6.42 Å². The van der Waals surface area contributed by atoms with E-state index in [2.05, 4.69) is 10.6 Å². The third-order valence-corrected chi connectivity index (χ3v) is 4.14. The van der Waals surface area contributed by atoms with Crippen LogP contribution in [0, 0.1) is 0 Å². The molecule has 7 nitrogen and oxygen atoms in total. The molecule has 0 radical (unpaired) electrons. The van der Waals surface area contributed by atoms with Gasteiger partial charge in [-0.25, -0.2) is 0 Å². The fraction of sp³-hybridized carbons (Fsp3) is 0.273. The molecule has 0 atom stereocenters. The van der Waals surface area contributed by atoms with E-state index in [1.807, 2.05) is 19.1 Å². The number of esters is 1. The molecule has 152 valence electrons. The molecule has 0 bridgehead atoms. The Labute approximate surface area is 169 Å². The Morgan fingerprint density at radius 1 is 0.793 bits per heavy atom. The van der Waals surface area contributed by atoms with E-state index >= 15 is 0 Å². The zero-order valence-electron chi connectivity index (χ0n) is 16.5. The van der Waals surface area contributed by atoms with E-state index < -0.39 is 18.5 Å². The number of aryl methyl sites for hydroxylation is 1. The lowest BCUT2D eigenvalue weighted by Gasteiger charge is -2.08. The summed E-state index contributed by atoms with van der Waals surface area (Å²) in [5.74, 6) is -1.51. The zero-order valence-corrected chi connectivity index (χ0v) is 16.5. The minimum Gasteiger partial charge on any atom is -0.456 e. The highest BCUT2D eigenvalue weighted by atomic mass is 16.5. The number of carbonyl (C=O) groups is 4. The van der Waals surface area contributed by atoms with Crippen molar-refractivity contribution in [3.05, 3.63) is 59.7 Å². The molecule has 0 saturated heterocycles. The number of ether oxygens (including phenoxy) is 1. The molecular formula is C22H24N2O5. The summed E-state index contributed by atoms with van der Waals surface area (Å²) in [7, 11) is 0. The summed E-state index contributed by atoms with van der Waals surface area (Å²) in [5, 5.41) is 5.27. The van der Waals surface area contributed by atoms with Crippen molar-refractivity contribution >= 4 is 34.9 Å². The van der Waals surface area contributed by atoms with E-state index in [0.717, 1.165) is 12.0 Å². The highest BCUT2D eigenvalue weighted by molar-refractivity contribution is 5.96. The molecule has 2 aromatic carbocycles. The molecule has 2 amide bonds. The Morgan fingerprint density at radius 3 is 1.90 bits per heavy atom. The second kappa shape index (κ2) is 10.8. The lowest BCUT2D eigenvalue weighted by atomic mass is 10.1. The van der Waals surface area contributed by atoms with E-state index in [1.54, 1.807) is 36.4 Å². The summed E-state index contributed by atoms with van der Waals surface area (Å²) in [6.45, 7) is 3.08. The Morgan fingerprint density at radius 2 is 1.34 bits per heavy atom.